The lowest BCUT2D eigenvalue weighted by Crippen LogP contribution is -2.30. The van der Waals surface area contributed by atoms with Crippen LogP contribution in [0.1, 0.15) is 21.6 Å². The molecule has 0 saturated carbocycles. The van der Waals surface area contributed by atoms with E-state index >= 15 is 0 Å². The molecule has 32 heavy (non-hydrogen) atoms. The molecule has 1 aliphatic heterocycles. The van der Waals surface area contributed by atoms with Gasteiger partial charge in [0.2, 0.25) is 0 Å². The molecule has 1 aliphatic rings. The summed E-state index contributed by atoms with van der Waals surface area (Å²) in [7, 11) is -1.52. The Labute approximate surface area is 183 Å². The smallest absolute Gasteiger partial charge is 0.423 e. The lowest BCUT2D eigenvalue weighted by molar-refractivity contribution is 0.100. The van der Waals surface area contributed by atoms with Gasteiger partial charge in [0.25, 0.3) is 5.91 Å². The average Bonchev–Trinajstić information content (AvgIpc) is 3.44. The molecule has 6 N–H and O–H groups in total. The number of hydrogen-bond acceptors (Lipinski definition) is 8. The highest BCUT2D eigenvalue weighted by atomic mass is 16.4. The van der Waals surface area contributed by atoms with E-state index in [-0.39, 0.29) is 0 Å². The first-order valence-corrected chi connectivity index (χ1v) is 10.1. The summed E-state index contributed by atoms with van der Waals surface area (Å²) in [5, 5.41) is 25.4. The number of primary amides is 1. The summed E-state index contributed by atoms with van der Waals surface area (Å²) in [4.78, 5) is 25.6. The number of amides is 1. The molecule has 0 saturated heterocycles. The number of nitrogens with two attached hydrogens (primary N) is 1. The molecule has 11 heteroatoms. The molecule has 1 amide bonds. The standard InChI is InChI=1S/C21H20BN7O3/c23-18(30)14-5-2-8-29-16(14)11-26-21(29)20-27-15-6-7-24-17(15)19(28-20)25-10-12-3-1-4-13(9-12)22(31)32/h1-5,8-9,11,24,31-32H,6-7,10H2,(H2,23,30)(H,25,27,28). The number of aromatic nitrogens is 4. The molecule has 5 rings (SSSR count). The molecular weight excluding hydrogens is 409 g/mol. The summed E-state index contributed by atoms with van der Waals surface area (Å²) < 4.78 is 1.75. The summed E-state index contributed by atoms with van der Waals surface area (Å²) >= 11 is 0. The van der Waals surface area contributed by atoms with Gasteiger partial charge in [0.15, 0.2) is 17.5 Å². The van der Waals surface area contributed by atoms with Gasteiger partial charge in [-0.2, -0.15) is 0 Å². The highest BCUT2D eigenvalue weighted by Crippen LogP contribution is 2.31. The van der Waals surface area contributed by atoms with Crippen molar-refractivity contribution in [2.75, 3.05) is 17.2 Å². The molecule has 10 nitrogen and oxygen atoms in total. The Bertz CT molecular complexity index is 1340. The first-order chi connectivity index (χ1) is 15.5. The Hall–Kier alpha value is -3.96. The van der Waals surface area contributed by atoms with Gasteiger partial charge in [-0.25, -0.2) is 15.0 Å². The topological polar surface area (TPSA) is 151 Å². The zero-order valence-corrected chi connectivity index (χ0v) is 17.0. The molecule has 0 atom stereocenters. The molecule has 160 valence electrons. The van der Waals surface area contributed by atoms with Gasteiger partial charge in [0, 0.05) is 25.7 Å². The number of hydrogen-bond donors (Lipinski definition) is 5. The Balaban J connectivity index is 1.52. The van der Waals surface area contributed by atoms with Crippen LogP contribution in [0, 0.1) is 0 Å². The number of carbonyl (C=O) groups is 1. The van der Waals surface area contributed by atoms with Crippen molar-refractivity contribution >= 4 is 35.5 Å². The monoisotopic (exact) mass is 429 g/mol. The van der Waals surface area contributed by atoms with E-state index in [2.05, 4.69) is 15.6 Å². The third-order valence-electron chi connectivity index (χ3n) is 5.39. The van der Waals surface area contributed by atoms with Crippen molar-refractivity contribution in [2.45, 2.75) is 13.0 Å². The van der Waals surface area contributed by atoms with Gasteiger partial charge in [-0.1, -0.05) is 24.3 Å². The Morgan fingerprint density at radius 2 is 2.12 bits per heavy atom. The van der Waals surface area contributed by atoms with Crippen LogP contribution in [0.3, 0.4) is 0 Å². The van der Waals surface area contributed by atoms with Gasteiger partial charge < -0.3 is 26.4 Å². The maximum atomic E-state index is 11.8. The van der Waals surface area contributed by atoms with Gasteiger partial charge >= 0.3 is 7.12 Å². The second-order valence-corrected chi connectivity index (χ2v) is 7.49. The molecule has 0 radical (unpaired) electrons. The first kappa shape index (κ1) is 20.0. The molecule has 3 aromatic heterocycles. The number of fused-ring (bicyclic) bond motifs is 2. The van der Waals surface area contributed by atoms with E-state index in [0.29, 0.717) is 40.6 Å². The Kier molecular flexibility index (Phi) is 4.96. The lowest BCUT2D eigenvalue weighted by atomic mass is 9.80. The first-order valence-electron chi connectivity index (χ1n) is 10.1. The van der Waals surface area contributed by atoms with E-state index < -0.39 is 13.0 Å². The van der Waals surface area contributed by atoms with Crippen LogP contribution in [0.2, 0.25) is 0 Å². The Morgan fingerprint density at radius 3 is 2.94 bits per heavy atom. The summed E-state index contributed by atoms with van der Waals surface area (Å²) in [6.45, 7) is 1.18. The zero-order chi connectivity index (χ0) is 22.2. The molecule has 0 bridgehead atoms. The minimum absolute atomic E-state index is 0.373. The van der Waals surface area contributed by atoms with Gasteiger partial charge in [-0.3, -0.25) is 9.20 Å². The minimum atomic E-state index is -1.52. The van der Waals surface area contributed by atoms with Crippen LogP contribution >= 0.6 is 0 Å². The number of anilines is 2. The fourth-order valence-electron chi connectivity index (χ4n) is 3.85. The normalized spacial score (nSPS) is 12.4. The van der Waals surface area contributed by atoms with Crippen LogP contribution < -0.4 is 21.8 Å². The predicted octanol–water partition coefficient (Wildman–Crippen LogP) is 0.150. The summed E-state index contributed by atoms with van der Waals surface area (Å²) in [5.74, 6) is 1.03. The molecule has 1 aromatic carbocycles. The maximum Gasteiger partial charge on any atom is 0.488 e. The number of nitrogens with zero attached hydrogens (tertiary/aromatic N) is 4. The van der Waals surface area contributed by atoms with Gasteiger partial charge in [-0.15, -0.1) is 0 Å². The molecular formula is C21H20BN7O3. The van der Waals surface area contributed by atoms with Crippen LogP contribution in [0.15, 0.2) is 48.8 Å². The van der Waals surface area contributed by atoms with Gasteiger partial charge in [0.1, 0.15) is 0 Å². The summed E-state index contributed by atoms with van der Waals surface area (Å²) in [5.41, 5.74) is 9.46. The van der Waals surface area contributed by atoms with E-state index in [9.17, 15) is 14.8 Å². The molecule has 4 heterocycles. The zero-order valence-electron chi connectivity index (χ0n) is 17.0. The van der Waals surface area contributed by atoms with Crippen molar-refractivity contribution in [3.8, 4) is 11.6 Å². The number of nitrogens with one attached hydrogen (secondary N) is 2. The maximum absolute atomic E-state index is 11.8. The number of imidazole rings is 1. The van der Waals surface area contributed by atoms with Crippen LogP contribution in [0.25, 0.3) is 17.2 Å². The third kappa shape index (κ3) is 3.53. The molecule has 0 aliphatic carbocycles. The van der Waals surface area contributed by atoms with Crippen molar-refractivity contribution in [3.63, 3.8) is 0 Å². The number of rotatable bonds is 6. The average molecular weight is 429 g/mol. The summed E-state index contributed by atoms with van der Waals surface area (Å²) in [6, 6.07) is 10.4. The van der Waals surface area contributed by atoms with Crippen LogP contribution in [-0.4, -0.2) is 49.0 Å². The van der Waals surface area contributed by atoms with E-state index in [1.165, 1.54) is 0 Å². The number of pyridine rings is 1. The number of benzene rings is 1. The molecule has 4 aromatic rings. The SMILES string of the molecule is NC(=O)c1cccn2c(-c3nc4c(c(NCc5cccc(B(O)O)c5)n3)NCC4)ncc12. The predicted molar refractivity (Wildman–Crippen MR) is 121 cm³/mol. The van der Waals surface area contributed by atoms with E-state index in [0.717, 1.165) is 29.9 Å². The van der Waals surface area contributed by atoms with Crippen molar-refractivity contribution in [1.82, 2.24) is 19.4 Å². The second kappa shape index (κ2) is 7.95. The van der Waals surface area contributed by atoms with Crippen LogP contribution in [0.4, 0.5) is 11.5 Å². The van der Waals surface area contributed by atoms with Crippen molar-refractivity contribution in [1.29, 1.82) is 0 Å². The van der Waals surface area contributed by atoms with Crippen molar-refractivity contribution < 1.29 is 14.8 Å². The quantitative estimate of drug-likeness (QED) is 0.272. The minimum Gasteiger partial charge on any atom is -0.423 e. The molecule has 0 unspecified atom stereocenters. The highest BCUT2D eigenvalue weighted by molar-refractivity contribution is 6.58. The highest BCUT2D eigenvalue weighted by Gasteiger charge is 2.22. The number of carbonyl (C=O) groups excluding carboxylic acids is 1. The van der Waals surface area contributed by atoms with E-state index in [1.54, 1.807) is 47.1 Å². The summed E-state index contributed by atoms with van der Waals surface area (Å²) in [6.07, 6.45) is 4.13. The lowest BCUT2D eigenvalue weighted by Gasteiger charge is -2.13. The second-order valence-electron chi connectivity index (χ2n) is 7.49. The molecule has 0 spiro atoms. The van der Waals surface area contributed by atoms with Gasteiger partial charge in [-0.05, 0) is 23.2 Å². The van der Waals surface area contributed by atoms with Crippen molar-refractivity contribution in [2.24, 2.45) is 5.73 Å². The van der Waals surface area contributed by atoms with Crippen LogP contribution in [0.5, 0.6) is 0 Å². The van der Waals surface area contributed by atoms with Crippen LogP contribution in [-0.2, 0) is 13.0 Å². The van der Waals surface area contributed by atoms with E-state index in [4.69, 9.17) is 15.7 Å². The fraction of sp³-hybridized carbons (Fsp3) is 0.143. The molecule has 0 fully saturated rings. The van der Waals surface area contributed by atoms with E-state index in [1.807, 2.05) is 6.07 Å². The Morgan fingerprint density at radius 1 is 1.25 bits per heavy atom. The fourth-order valence-corrected chi connectivity index (χ4v) is 3.85. The third-order valence-corrected chi connectivity index (χ3v) is 5.39. The largest absolute Gasteiger partial charge is 0.488 e. The van der Waals surface area contributed by atoms with Gasteiger partial charge in [0.05, 0.1) is 28.7 Å². The van der Waals surface area contributed by atoms with Crippen molar-refractivity contribution in [3.05, 3.63) is 65.6 Å².